The smallest absolute Gasteiger partial charge is 0.123 e. The van der Waals surface area contributed by atoms with E-state index in [1.54, 1.807) is 0 Å². The van der Waals surface area contributed by atoms with E-state index in [1.165, 1.54) is 23.3 Å². The fraction of sp³-hybridized carbons (Fsp3) is 0.273. The van der Waals surface area contributed by atoms with Crippen LogP contribution in [0.4, 0.5) is 4.39 Å². The third kappa shape index (κ3) is 6.69. The van der Waals surface area contributed by atoms with Crippen LogP contribution in [0.1, 0.15) is 40.8 Å². The Hall–Kier alpha value is -3.02. The third-order valence-corrected chi connectivity index (χ3v) is 7.61. The SMILES string of the molecule is Fc1ccc(C(c2ccccc2Cl)N2CCN(CCCOC(c3ccccc3)c3ccccc3)CC2)cc1. The molecule has 1 atom stereocenters. The van der Waals surface area contributed by atoms with Crippen molar-refractivity contribution >= 4 is 11.6 Å². The first-order chi connectivity index (χ1) is 18.7. The van der Waals surface area contributed by atoms with Gasteiger partial charge in [-0.2, -0.15) is 0 Å². The molecule has 1 heterocycles. The molecule has 0 bridgehead atoms. The quantitative estimate of drug-likeness (QED) is 0.200. The molecule has 0 saturated carbocycles. The molecule has 0 N–H and O–H groups in total. The van der Waals surface area contributed by atoms with Gasteiger partial charge in [0, 0.05) is 44.4 Å². The molecule has 3 nitrogen and oxygen atoms in total. The minimum absolute atomic E-state index is 0.00675. The predicted molar refractivity (Wildman–Crippen MR) is 153 cm³/mol. The van der Waals surface area contributed by atoms with Crippen LogP contribution < -0.4 is 0 Å². The van der Waals surface area contributed by atoms with E-state index >= 15 is 0 Å². The lowest BCUT2D eigenvalue weighted by Gasteiger charge is -2.40. The van der Waals surface area contributed by atoms with Crippen molar-refractivity contribution in [2.24, 2.45) is 0 Å². The highest BCUT2D eigenvalue weighted by atomic mass is 35.5. The summed E-state index contributed by atoms with van der Waals surface area (Å²) >= 11 is 6.62. The van der Waals surface area contributed by atoms with Crippen LogP contribution in [0.3, 0.4) is 0 Å². The van der Waals surface area contributed by atoms with E-state index in [4.69, 9.17) is 16.3 Å². The van der Waals surface area contributed by atoms with Crippen LogP contribution in [-0.2, 0) is 4.74 Å². The molecule has 4 aromatic carbocycles. The van der Waals surface area contributed by atoms with Crippen molar-refractivity contribution in [3.8, 4) is 0 Å². The van der Waals surface area contributed by atoms with E-state index in [9.17, 15) is 4.39 Å². The molecule has 4 aromatic rings. The Morgan fingerprint density at radius 1 is 0.684 bits per heavy atom. The number of benzene rings is 4. The Labute approximate surface area is 230 Å². The molecule has 38 heavy (non-hydrogen) atoms. The van der Waals surface area contributed by atoms with Gasteiger partial charge in [-0.05, 0) is 46.9 Å². The van der Waals surface area contributed by atoms with Gasteiger partial charge in [-0.3, -0.25) is 4.90 Å². The molecular weight excluding hydrogens is 495 g/mol. The first-order valence-corrected chi connectivity index (χ1v) is 13.7. The Morgan fingerprint density at radius 2 is 1.26 bits per heavy atom. The number of ether oxygens (including phenoxy) is 1. The Balaban J connectivity index is 1.17. The van der Waals surface area contributed by atoms with E-state index in [0.29, 0.717) is 6.61 Å². The zero-order valence-electron chi connectivity index (χ0n) is 21.6. The van der Waals surface area contributed by atoms with Crippen LogP contribution in [0.25, 0.3) is 0 Å². The van der Waals surface area contributed by atoms with Crippen molar-refractivity contribution < 1.29 is 9.13 Å². The van der Waals surface area contributed by atoms with E-state index in [0.717, 1.165) is 55.3 Å². The number of rotatable bonds is 10. The Morgan fingerprint density at radius 3 is 1.87 bits per heavy atom. The lowest BCUT2D eigenvalue weighted by molar-refractivity contribution is 0.0612. The Kier molecular flexibility index (Phi) is 9.21. The van der Waals surface area contributed by atoms with E-state index in [2.05, 4.69) is 64.4 Å². The summed E-state index contributed by atoms with van der Waals surface area (Å²) in [7, 11) is 0. The second-order valence-corrected chi connectivity index (χ2v) is 10.2. The summed E-state index contributed by atoms with van der Waals surface area (Å²) in [6.45, 7) is 5.49. The van der Waals surface area contributed by atoms with Gasteiger partial charge in [0.15, 0.2) is 0 Å². The molecule has 0 radical (unpaired) electrons. The monoisotopic (exact) mass is 528 g/mol. The molecule has 0 aromatic heterocycles. The van der Waals surface area contributed by atoms with E-state index in [-0.39, 0.29) is 18.0 Å². The first-order valence-electron chi connectivity index (χ1n) is 13.4. The second-order valence-electron chi connectivity index (χ2n) is 9.78. The molecule has 196 valence electrons. The normalized spacial score (nSPS) is 15.6. The average Bonchev–Trinajstić information content (AvgIpc) is 2.97. The summed E-state index contributed by atoms with van der Waals surface area (Å²) in [6.07, 6.45) is 0.920. The molecule has 1 aliphatic heterocycles. The lowest BCUT2D eigenvalue weighted by Crippen LogP contribution is -2.48. The van der Waals surface area contributed by atoms with Crippen LogP contribution in [0.15, 0.2) is 109 Å². The third-order valence-electron chi connectivity index (χ3n) is 7.27. The van der Waals surface area contributed by atoms with Crippen molar-refractivity contribution in [1.29, 1.82) is 0 Å². The highest BCUT2D eigenvalue weighted by Crippen LogP contribution is 2.34. The molecule has 0 aliphatic carbocycles. The molecule has 1 aliphatic rings. The summed E-state index contributed by atoms with van der Waals surface area (Å²) in [6, 6.07) is 35.7. The van der Waals surface area contributed by atoms with Crippen LogP contribution in [-0.4, -0.2) is 49.1 Å². The van der Waals surface area contributed by atoms with Crippen molar-refractivity contribution in [3.63, 3.8) is 0 Å². The highest BCUT2D eigenvalue weighted by Gasteiger charge is 2.27. The van der Waals surface area contributed by atoms with Gasteiger partial charge in [-0.15, -0.1) is 0 Å². The van der Waals surface area contributed by atoms with Gasteiger partial charge in [0.25, 0.3) is 0 Å². The molecule has 5 heteroatoms. The van der Waals surface area contributed by atoms with Crippen LogP contribution >= 0.6 is 11.6 Å². The lowest BCUT2D eigenvalue weighted by atomic mass is 9.96. The van der Waals surface area contributed by atoms with Crippen molar-refractivity contribution in [2.75, 3.05) is 39.3 Å². The topological polar surface area (TPSA) is 15.7 Å². The van der Waals surface area contributed by atoms with Gasteiger partial charge in [0.2, 0.25) is 0 Å². The molecule has 1 unspecified atom stereocenters. The highest BCUT2D eigenvalue weighted by molar-refractivity contribution is 6.31. The predicted octanol–water partition coefficient (Wildman–Crippen LogP) is 7.38. The summed E-state index contributed by atoms with van der Waals surface area (Å²) in [5.74, 6) is -0.222. The summed E-state index contributed by atoms with van der Waals surface area (Å²) in [4.78, 5) is 4.97. The van der Waals surface area contributed by atoms with Gasteiger partial charge < -0.3 is 9.64 Å². The van der Waals surface area contributed by atoms with Crippen molar-refractivity contribution in [1.82, 2.24) is 9.80 Å². The molecule has 1 fully saturated rings. The van der Waals surface area contributed by atoms with E-state index < -0.39 is 0 Å². The van der Waals surface area contributed by atoms with Crippen molar-refractivity contribution in [3.05, 3.63) is 142 Å². The Bertz CT molecular complexity index is 1220. The number of piperazine rings is 1. The van der Waals surface area contributed by atoms with Gasteiger partial charge in [-0.1, -0.05) is 103 Å². The average molecular weight is 529 g/mol. The largest absolute Gasteiger partial charge is 0.369 e. The molecule has 1 saturated heterocycles. The molecule has 0 spiro atoms. The fourth-order valence-electron chi connectivity index (χ4n) is 5.30. The van der Waals surface area contributed by atoms with Crippen LogP contribution in [0.5, 0.6) is 0 Å². The maximum Gasteiger partial charge on any atom is 0.123 e. The minimum atomic E-state index is -0.222. The number of hydrogen-bond acceptors (Lipinski definition) is 3. The first kappa shape index (κ1) is 26.6. The zero-order chi connectivity index (χ0) is 26.2. The maximum atomic E-state index is 13.7. The van der Waals surface area contributed by atoms with Crippen LogP contribution in [0.2, 0.25) is 5.02 Å². The zero-order valence-corrected chi connectivity index (χ0v) is 22.3. The molecular formula is C33H34ClFN2O. The van der Waals surface area contributed by atoms with E-state index in [1.807, 2.05) is 42.5 Å². The fourth-order valence-corrected chi connectivity index (χ4v) is 5.54. The van der Waals surface area contributed by atoms with Gasteiger partial charge in [0.1, 0.15) is 11.9 Å². The van der Waals surface area contributed by atoms with Crippen molar-refractivity contribution in [2.45, 2.75) is 18.6 Å². The maximum absolute atomic E-state index is 13.7. The number of halogens is 2. The minimum Gasteiger partial charge on any atom is -0.369 e. The summed E-state index contributed by atoms with van der Waals surface area (Å²) in [5, 5.41) is 0.743. The number of nitrogens with zero attached hydrogens (tertiary/aromatic N) is 2. The van der Waals surface area contributed by atoms with Gasteiger partial charge in [-0.25, -0.2) is 4.39 Å². The second kappa shape index (κ2) is 13.2. The summed E-state index contributed by atoms with van der Waals surface area (Å²) in [5.41, 5.74) is 4.49. The summed E-state index contributed by atoms with van der Waals surface area (Å²) < 4.78 is 20.1. The van der Waals surface area contributed by atoms with Gasteiger partial charge in [0.05, 0.1) is 6.04 Å². The molecule has 5 rings (SSSR count). The van der Waals surface area contributed by atoms with Gasteiger partial charge >= 0.3 is 0 Å². The standard InChI is InChI=1S/C33H34ClFN2O/c34-31-15-8-7-14-30(31)32(26-16-18-29(35)19-17-26)37-23-21-36(22-24-37)20-9-25-38-33(27-10-3-1-4-11-27)28-12-5-2-6-13-28/h1-8,10-19,32-33H,9,20-25H2. The molecule has 0 amide bonds. The number of hydrogen-bond donors (Lipinski definition) is 0. The van der Waals surface area contributed by atoms with Crippen LogP contribution in [0, 0.1) is 5.82 Å².